The first-order valence-electron chi connectivity index (χ1n) is 9.32. The van der Waals surface area contributed by atoms with Gasteiger partial charge in [0.15, 0.2) is 0 Å². The summed E-state index contributed by atoms with van der Waals surface area (Å²) in [5.74, 6) is -1.36. The first-order chi connectivity index (χ1) is 13.0. The minimum absolute atomic E-state index is 0.0801. The molecule has 9 heteroatoms. The van der Waals surface area contributed by atoms with Gasteiger partial charge in [-0.3, -0.25) is 14.9 Å². The monoisotopic (exact) mass is 380 g/mol. The lowest BCUT2D eigenvalue weighted by molar-refractivity contribution is -0.384. The average Bonchev–Trinajstić information content (AvgIpc) is 3.12. The Morgan fingerprint density at radius 3 is 2.74 bits per heavy atom. The van der Waals surface area contributed by atoms with Gasteiger partial charge in [0.2, 0.25) is 0 Å². The Morgan fingerprint density at radius 2 is 2.04 bits per heavy atom. The van der Waals surface area contributed by atoms with Crippen LogP contribution >= 0.6 is 0 Å². The van der Waals surface area contributed by atoms with Crippen LogP contribution in [0.2, 0.25) is 0 Å². The van der Waals surface area contributed by atoms with E-state index in [2.05, 4.69) is 4.90 Å². The van der Waals surface area contributed by atoms with E-state index in [1.54, 1.807) is 0 Å². The summed E-state index contributed by atoms with van der Waals surface area (Å²) in [5.41, 5.74) is 4.66. The van der Waals surface area contributed by atoms with Crippen LogP contribution in [0.4, 0.5) is 15.8 Å². The third-order valence-corrected chi connectivity index (χ3v) is 5.19. The number of benzene rings is 1. The second kappa shape index (κ2) is 8.62. The summed E-state index contributed by atoms with van der Waals surface area (Å²) in [6.45, 7) is 4.54. The van der Waals surface area contributed by atoms with Gasteiger partial charge in [0, 0.05) is 19.6 Å². The number of piperidine rings is 1. The Kier molecular flexibility index (Phi) is 6.22. The summed E-state index contributed by atoms with van der Waals surface area (Å²) < 4.78 is 19.6. The predicted octanol–water partition coefficient (Wildman–Crippen LogP) is 2.03. The van der Waals surface area contributed by atoms with Gasteiger partial charge >= 0.3 is 0 Å². The van der Waals surface area contributed by atoms with Gasteiger partial charge in [0.25, 0.3) is 11.6 Å². The van der Waals surface area contributed by atoms with Crippen LogP contribution in [0, 0.1) is 15.9 Å². The zero-order valence-electron chi connectivity index (χ0n) is 15.2. The molecule has 2 N–H and O–H groups in total. The van der Waals surface area contributed by atoms with Gasteiger partial charge in [0.1, 0.15) is 11.5 Å². The number of nitrogens with two attached hydrogens (primary N) is 1. The second-order valence-electron chi connectivity index (χ2n) is 7.08. The molecule has 2 saturated heterocycles. The number of anilines is 1. The maximum absolute atomic E-state index is 13.7. The third kappa shape index (κ3) is 4.72. The minimum Gasteiger partial charge on any atom is -0.393 e. The molecule has 1 atom stereocenters. The summed E-state index contributed by atoms with van der Waals surface area (Å²) in [5, 5.41) is 11.0. The number of nitrogens with zero attached hydrogens (tertiary/aromatic N) is 3. The van der Waals surface area contributed by atoms with Crippen molar-refractivity contribution in [1.29, 1.82) is 0 Å². The molecule has 2 fully saturated rings. The highest BCUT2D eigenvalue weighted by molar-refractivity contribution is 6.01. The van der Waals surface area contributed by atoms with Crippen molar-refractivity contribution in [3.05, 3.63) is 33.6 Å². The number of likely N-dealkylation sites (tertiary alicyclic amines) is 2. The summed E-state index contributed by atoms with van der Waals surface area (Å²) in [4.78, 5) is 26.7. The van der Waals surface area contributed by atoms with Crippen molar-refractivity contribution in [1.82, 2.24) is 9.80 Å². The van der Waals surface area contributed by atoms with Crippen molar-refractivity contribution in [3.8, 4) is 0 Å². The third-order valence-electron chi connectivity index (χ3n) is 5.19. The van der Waals surface area contributed by atoms with Crippen LogP contribution < -0.4 is 5.73 Å². The average molecular weight is 380 g/mol. The fourth-order valence-electron chi connectivity index (χ4n) is 3.68. The van der Waals surface area contributed by atoms with Crippen LogP contribution in [0.15, 0.2) is 12.1 Å². The first-order valence-corrected chi connectivity index (χ1v) is 9.32. The number of carbonyl (C=O) groups is 1. The van der Waals surface area contributed by atoms with Crippen LogP contribution in [-0.2, 0) is 4.74 Å². The van der Waals surface area contributed by atoms with E-state index in [-0.39, 0.29) is 17.4 Å². The number of hydrogen-bond acceptors (Lipinski definition) is 6. The molecule has 0 radical (unpaired) electrons. The van der Waals surface area contributed by atoms with Gasteiger partial charge in [0.05, 0.1) is 29.3 Å². The van der Waals surface area contributed by atoms with Crippen LogP contribution in [0.25, 0.3) is 0 Å². The Labute approximate surface area is 157 Å². The van der Waals surface area contributed by atoms with E-state index in [4.69, 9.17) is 10.5 Å². The van der Waals surface area contributed by atoms with E-state index in [0.717, 1.165) is 31.8 Å². The fourth-order valence-corrected chi connectivity index (χ4v) is 3.68. The number of amides is 1. The smallest absolute Gasteiger partial charge is 0.295 e. The fraction of sp³-hybridized carbons (Fsp3) is 0.611. The molecule has 0 unspecified atom stereocenters. The highest BCUT2D eigenvalue weighted by Crippen LogP contribution is 2.29. The molecule has 2 aliphatic rings. The molecular formula is C18H25FN4O4. The number of ether oxygens (including phenoxy) is 1. The SMILES string of the molecule is Nc1c(C(=O)N2CC[C@@H](OCCN3CCCCC3)C2)cc(F)cc1[N+](=O)[O-]. The number of nitro benzene ring substituents is 1. The zero-order chi connectivity index (χ0) is 19.4. The van der Waals surface area contributed by atoms with Gasteiger partial charge in [-0.15, -0.1) is 0 Å². The van der Waals surface area contributed by atoms with Gasteiger partial charge in [-0.2, -0.15) is 0 Å². The number of carbonyl (C=O) groups excluding carboxylic acids is 1. The lowest BCUT2D eigenvalue weighted by atomic mass is 10.1. The quantitative estimate of drug-likeness (QED) is 0.460. The van der Waals surface area contributed by atoms with E-state index in [0.29, 0.717) is 26.1 Å². The van der Waals surface area contributed by atoms with E-state index < -0.39 is 22.3 Å². The number of nitrogen functional groups attached to an aromatic ring is 1. The Bertz CT molecular complexity index is 709. The molecule has 8 nitrogen and oxygen atoms in total. The molecule has 1 aromatic carbocycles. The highest BCUT2D eigenvalue weighted by Gasteiger charge is 2.31. The van der Waals surface area contributed by atoms with E-state index in [1.165, 1.54) is 24.2 Å². The zero-order valence-corrected chi connectivity index (χ0v) is 15.2. The Balaban J connectivity index is 1.55. The Morgan fingerprint density at radius 1 is 1.30 bits per heavy atom. The molecule has 148 valence electrons. The second-order valence-corrected chi connectivity index (χ2v) is 7.08. The number of hydrogen-bond donors (Lipinski definition) is 1. The van der Waals surface area contributed by atoms with Crippen molar-refractivity contribution in [2.45, 2.75) is 31.8 Å². The van der Waals surface area contributed by atoms with Crippen LogP contribution in [0.5, 0.6) is 0 Å². The lowest BCUT2D eigenvalue weighted by Crippen LogP contribution is -2.34. The molecule has 1 aromatic rings. The molecule has 0 bridgehead atoms. The van der Waals surface area contributed by atoms with Crippen LogP contribution in [0.3, 0.4) is 0 Å². The lowest BCUT2D eigenvalue weighted by Gasteiger charge is -2.26. The van der Waals surface area contributed by atoms with E-state index >= 15 is 0 Å². The molecular weight excluding hydrogens is 355 g/mol. The highest BCUT2D eigenvalue weighted by atomic mass is 19.1. The van der Waals surface area contributed by atoms with Crippen LogP contribution in [-0.4, -0.2) is 66.1 Å². The molecule has 0 saturated carbocycles. The predicted molar refractivity (Wildman–Crippen MR) is 98.0 cm³/mol. The minimum atomic E-state index is -0.854. The summed E-state index contributed by atoms with van der Waals surface area (Å²) in [6.07, 6.45) is 4.35. The van der Waals surface area contributed by atoms with E-state index in [1.807, 2.05) is 0 Å². The largest absolute Gasteiger partial charge is 0.393 e. The molecule has 1 amide bonds. The molecule has 2 heterocycles. The molecule has 0 aliphatic carbocycles. The van der Waals surface area contributed by atoms with Crippen molar-refractivity contribution in [2.24, 2.45) is 0 Å². The van der Waals surface area contributed by atoms with Crippen molar-refractivity contribution < 1.29 is 18.8 Å². The molecule has 27 heavy (non-hydrogen) atoms. The summed E-state index contributed by atoms with van der Waals surface area (Å²) in [7, 11) is 0. The van der Waals surface area contributed by atoms with Crippen molar-refractivity contribution in [3.63, 3.8) is 0 Å². The molecule has 0 aromatic heterocycles. The van der Waals surface area contributed by atoms with Crippen LogP contribution in [0.1, 0.15) is 36.0 Å². The van der Waals surface area contributed by atoms with Crippen molar-refractivity contribution in [2.75, 3.05) is 45.1 Å². The first kappa shape index (κ1) is 19.5. The standard InChI is InChI=1S/C18H25FN4O4/c19-13-10-15(17(20)16(11-13)23(25)26)18(24)22-7-4-14(12-22)27-9-8-21-5-2-1-3-6-21/h10-11,14H,1-9,12,20H2/t14-/m1/s1. The van der Waals surface area contributed by atoms with Gasteiger partial charge in [-0.1, -0.05) is 6.42 Å². The van der Waals surface area contributed by atoms with Gasteiger partial charge in [-0.05, 0) is 38.4 Å². The maximum Gasteiger partial charge on any atom is 0.295 e. The molecule has 0 spiro atoms. The van der Waals surface area contributed by atoms with E-state index in [9.17, 15) is 19.3 Å². The molecule has 3 rings (SSSR count). The Hall–Kier alpha value is -2.26. The molecule has 2 aliphatic heterocycles. The normalized spacial score (nSPS) is 20.8. The van der Waals surface area contributed by atoms with Gasteiger partial charge in [-0.25, -0.2) is 4.39 Å². The number of nitro groups is 1. The van der Waals surface area contributed by atoms with Crippen molar-refractivity contribution >= 4 is 17.3 Å². The summed E-state index contributed by atoms with van der Waals surface area (Å²) in [6, 6.07) is 1.68. The maximum atomic E-state index is 13.7. The number of rotatable bonds is 6. The summed E-state index contributed by atoms with van der Waals surface area (Å²) >= 11 is 0. The van der Waals surface area contributed by atoms with Gasteiger partial charge < -0.3 is 20.3 Å². The topological polar surface area (TPSA) is 102 Å². The number of halogens is 1.